The van der Waals surface area contributed by atoms with Crippen LogP contribution in [0.2, 0.25) is 5.15 Å². The molecule has 3 rings (SSSR count). The molecule has 3 aromatic rings. The van der Waals surface area contributed by atoms with Crippen molar-refractivity contribution in [1.29, 1.82) is 0 Å². The lowest BCUT2D eigenvalue weighted by atomic mass is 10.1. The first kappa shape index (κ1) is 19.1. The number of pyridine rings is 1. The Bertz CT molecular complexity index is 963. The lowest BCUT2D eigenvalue weighted by Gasteiger charge is -2.09. The van der Waals surface area contributed by atoms with Crippen LogP contribution in [-0.2, 0) is 22.7 Å². The Kier molecular flexibility index (Phi) is 6.27. The van der Waals surface area contributed by atoms with Crippen molar-refractivity contribution in [2.45, 2.75) is 33.1 Å². The Labute approximate surface area is 163 Å². The Morgan fingerprint density at radius 1 is 1.26 bits per heavy atom. The van der Waals surface area contributed by atoms with Gasteiger partial charge in [-0.25, -0.2) is 4.98 Å². The van der Waals surface area contributed by atoms with Crippen molar-refractivity contribution < 1.29 is 9.53 Å². The van der Waals surface area contributed by atoms with E-state index >= 15 is 0 Å². The van der Waals surface area contributed by atoms with Gasteiger partial charge < -0.3 is 10.1 Å². The quantitative estimate of drug-likeness (QED) is 0.621. The van der Waals surface area contributed by atoms with E-state index in [1.54, 1.807) is 6.08 Å². The van der Waals surface area contributed by atoms with Gasteiger partial charge in [-0.2, -0.15) is 0 Å². The summed E-state index contributed by atoms with van der Waals surface area (Å²) in [6, 6.07) is 13.6. The average molecular weight is 384 g/mol. The standard InChI is InChI=1S/C21H22ClN3O2/c1-15(2)27-14-17-7-5-6-16(12-17)13-23-20(26)10-9-18-21(22)24-19-8-3-4-11-25(18)19/h3-12,15H,13-14H2,1-2H3,(H,23,26)/b10-9+. The molecule has 0 spiro atoms. The molecule has 5 nitrogen and oxygen atoms in total. The Morgan fingerprint density at radius 2 is 2.07 bits per heavy atom. The van der Waals surface area contributed by atoms with Crippen LogP contribution in [0.15, 0.2) is 54.7 Å². The van der Waals surface area contributed by atoms with Crippen molar-refractivity contribution in [3.05, 3.63) is 76.7 Å². The number of rotatable bonds is 7. The molecule has 0 aliphatic carbocycles. The van der Waals surface area contributed by atoms with Gasteiger partial charge in [0.05, 0.1) is 18.4 Å². The number of imidazole rings is 1. The van der Waals surface area contributed by atoms with Gasteiger partial charge in [0.1, 0.15) is 5.65 Å². The fourth-order valence-corrected chi connectivity index (χ4v) is 2.87. The number of ether oxygens (including phenoxy) is 1. The molecule has 1 amide bonds. The fourth-order valence-electron chi connectivity index (χ4n) is 2.63. The van der Waals surface area contributed by atoms with Gasteiger partial charge in [-0.15, -0.1) is 0 Å². The maximum atomic E-state index is 12.2. The zero-order valence-corrected chi connectivity index (χ0v) is 16.1. The van der Waals surface area contributed by atoms with Crippen molar-refractivity contribution >= 4 is 29.2 Å². The highest BCUT2D eigenvalue weighted by Crippen LogP contribution is 2.18. The minimum atomic E-state index is -0.194. The van der Waals surface area contributed by atoms with Crippen LogP contribution in [0.5, 0.6) is 0 Å². The zero-order valence-electron chi connectivity index (χ0n) is 15.4. The largest absolute Gasteiger partial charge is 0.374 e. The van der Waals surface area contributed by atoms with Gasteiger partial charge in [0.15, 0.2) is 5.15 Å². The topological polar surface area (TPSA) is 55.6 Å². The second-order valence-electron chi connectivity index (χ2n) is 6.45. The van der Waals surface area contributed by atoms with Crippen molar-refractivity contribution in [2.24, 2.45) is 0 Å². The highest BCUT2D eigenvalue weighted by molar-refractivity contribution is 6.31. The maximum Gasteiger partial charge on any atom is 0.244 e. The first-order chi connectivity index (χ1) is 13.0. The van der Waals surface area contributed by atoms with Gasteiger partial charge in [-0.1, -0.05) is 41.9 Å². The zero-order chi connectivity index (χ0) is 19.2. The normalized spacial score (nSPS) is 11.6. The summed E-state index contributed by atoms with van der Waals surface area (Å²) in [4.78, 5) is 16.4. The van der Waals surface area contributed by atoms with E-state index in [-0.39, 0.29) is 12.0 Å². The fraction of sp³-hybridized carbons (Fsp3) is 0.238. The minimum absolute atomic E-state index is 0.185. The Morgan fingerprint density at radius 3 is 2.89 bits per heavy atom. The summed E-state index contributed by atoms with van der Waals surface area (Å²) in [6.45, 7) is 5.02. The van der Waals surface area contributed by atoms with E-state index in [1.807, 2.05) is 66.9 Å². The molecule has 0 radical (unpaired) electrons. The molecule has 1 N–H and O–H groups in total. The van der Waals surface area contributed by atoms with Crippen molar-refractivity contribution in [2.75, 3.05) is 0 Å². The van der Waals surface area contributed by atoms with Crippen LogP contribution in [0, 0.1) is 0 Å². The number of amides is 1. The average Bonchev–Trinajstić information content (AvgIpc) is 2.98. The number of hydrogen-bond acceptors (Lipinski definition) is 3. The van der Waals surface area contributed by atoms with E-state index in [9.17, 15) is 4.79 Å². The Hall–Kier alpha value is -2.63. The third kappa shape index (κ3) is 5.18. The third-order valence-corrected chi connectivity index (χ3v) is 4.23. The number of aromatic nitrogens is 2. The van der Waals surface area contributed by atoms with Crippen LogP contribution in [0.4, 0.5) is 0 Å². The molecule has 27 heavy (non-hydrogen) atoms. The molecular formula is C21H22ClN3O2. The van der Waals surface area contributed by atoms with Crippen LogP contribution in [-0.4, -0.2) is 21.4 Å². The first-order valence-electron chi connectivity index (χ1n) is 8.81. The van der Waals surface area contributed by atoms with Gasteiger partial charge in [-0.3, -0.25) is 9.20 Å². The summed E-state index contributed by atoms with van der Waals surface area (Å²) in [5, 5.41) is 3.25. The lowest BCUT2D eigenvalue weighted by molar-refractivity contribution is -0.116. The number of hydrogen-bond donors (Lipinski definition) is 1. The summed E-state index contributed by atoms with van der Waals surface area (Å²) in [5.41, 5.74) is 3.52. The lowest BCUT2D eigenvalue weighted by Crippen LogP contribution is -2.20. The molecule has 0 aliphatic rings. The molecule has 0 saturated heterocycles. The SMILES string of the molecule is CC(C)OCc1cccc(CNC(=O)/C=C/c2c(Cl)nc3ccccn23)c1. The minimum Gasteiger partial charge on any atom is -0.374 e. The predicted octanol–water partition coefficient (Wildman–Crippen LogP) is 4.24. The second-order valence-corrected chi connectivity index (χ2v) is 6.81. The van der Waals surface area contributed by atoms with Gasteiger partial charge in [0.25, 0.3) is 0 Å². The van der Waals surface area contributed by atoms with Crippen LogP contribution in [0.3, 0.4) is 0 Å². The number of nitrogens with one attached hydrogen (secondary N) is 1. The summed E-state index contributed by atoms with van der Waals surface area (Å²) < 4.78 is 7.45. The number of halogens is 1. The molecule has 2 aromatic heterocycles. The molecule has 0 saturated carbocycles. The smallest absolute Gasteiger partial charge is 0.244 e. The van der Waals surface area contributed by atoms with E-state index in [0.29, 0.717) is 24.0 Å². The highest BCUT2D eigenvalue weighted by Gasteiger charge is 2.07. The maximum absolute atomic E-state index is 12.2. The van der Waals surface area contributed by atoms with E-state index in [4.69, 9.17) is 16.3 Å². The third-order valence-electron chi connectivity index (χ3n) is 3.96. The summed E-state index contributed by atoms with van der Waals surface area (Å²) in [7, 11) is 0. The van der Waals surface area contributed by atoms with Gasteiger partial charge >= 0.3 is 0 Å². The molecule has 0 fully saturated rings. The number of carbonyl (C=O) groups excluding carboxylic acids is 1. The van der Waals surface area contributed by atoms with Crippen molar-refractivity contribution in [3.63, 3.8) is 0 Å². The second kappa shape index (κ2) is 8.84. The molecule has 0 unspecified atom stereocenters. The van der Waals surface area contributed by atoms with Crippen LogP contribution in [0.1, 0.15) is 30.7 Å². The summed E-state index contributed by atoms with van der Waals surface area (Å²) in [5.74, 6) is -0.194. The predicted molar refractivity (Wildman–Crippen MR) is 107 cm³/mol. The molecule has 0 aliphatic heterocycles. The van der Waals surface area contributed by atoms with E-state index < -0.39 is 0 Å². The van der Waals surface area contributed by atoms with Gasteiger partial charge in [-0.05, 0) is 43.2 Å². The molecule has 1 aromatic carbocycles. The van der Waals surface area contributed by atoms with Crippen LogP contribution < -0.4 is 5.32 Å². The van der Waals surface area contributed by atoms with Gasteiger partial charge in [0, 0.05) is 18.8 Å². The molecular weight excluding hydrogens is 362 g/mol. The highest BCUT2D eigenvalue weighted by atomic mass is 35.5. The van der Waals surface area contributed by atoms with Crippen molar-refractivity contribution in [1.82, 2.24) is 14.7 Å². The molecule has 2 heterocycles. The Balaban J connectivity index is 1.60. The van der Waals surface area contributed by atoms with Crippen LogP contribution >= 0.6 is 11.6 Å². The molecule has 0 atom stereocenters. The summed E-state index contributed by atoms with van der Waals surface area (Å²) >= 11 is 6.17. The molecule has 140 valence electrons. The number of benzene rings is 1. The molecule has 0 bridgehead atoms. The number of carbonyl (C=O) groups is 1. The van der Waals surface area contributed by atoms with E-state index in [0.717, 1.165) is 16.8 Å². The number of fused-ring (bicyclic) bond motifs is 1. The number of nitrogens with zero attached hydrogens (tertiary/aromatic N) is 2. The molecule has 6 heteroatoms. The monoisotopic (exact) mass is 383 g/mol. The summed E-state index contributed by atoms with van der Waals surface area (Å²) in [6.07, 6.45) is 5.18. The van der Waals surface area contributed by atoms with Gasteiger partial charge in [0.2, 0.25) is 5.91 Å². The first-order valence-corrected chi connectivity index (χ1v) is 9.18. The van der Waals surface area contributed by atoms with Crippen molar-refractivity contribution in [3.8, 4) is 0 Å². The van der Waals surface area contributed by atoms with E-state index in [1.165, 1.54) is 6.08 Å². The van der Waals surface area contributed by atoms with Crippen LogP contribution in [0.25, 0.3) is 11.7 Å². The van der Waals surface area contributed by atoms with E-state index in [2.05, 4.69) is 10.3 Å².